The number of rotatable bonds is 5. The lowest BCUT2D eigenvalue weighted by Crippen LogP contribution is -2.47. The zero-order valence-corrected chi connectivity index (χ0v) is 12.1. The van der Waals surface area contributed by atoms with E-state index in [9.17, 15) is 9.59 Å². The fraction of sp³-hybridized carbons (Fsp3) is 0.400. The lowest BCUT2D eigenvalue weighted by atomic mass is 9.68. The van der Waals surface area contributed by atoms with Gasteiger partial charge in [0.25, 0.3) is 0 Å². The molecule has 0 amide bonds. The van der Waals surface area contributed by atoms with Crippen molar-refractivity contribution in [3.63, 3.8) is 0 Å². The summed E-state index contributed by atoms with van der Waals surface area (Å²) in [6.45, 7) is 1.62. The Morgan fingerprint density at radius 1 is 1.32 bits per heavy atom. The van der Waals surface area contributed by atoms with Gasteiger partial charge in [0, 0.05) is 18.9 Å². The van der Waals surface area contributed by atoms with Gasteiger partial charge in [0.2, 0.25) is 0 Å². The third-order valence-electron chi connectivity index (χ3n) is 3.82. The van der Waals surface area contributed by atoms with Gasteiger partial charge in [-0.3, -0.25) is 4.79 Å². The topological polar surface area (TPSA) is 117 Å². The summed E-state index contributed by atoms with van der Waals surface area (Å²) in [7, 11) is 1.31. The Balaban J connectivity index is 2.25. The van der Waals surface area contributed by atoms with Gasteiger partial charge in [-0.2, -0.15) is 5.26 Å². The number of benzene rings is 1. The Labute approximate surface area is 126 Å². The maximum Gasteiger partial charge on any atom is 0.339 e. The standard InChI is InChI=1S/C15H15NO6/c1-15(14(19)20)5-9(6-15)22-11-4-10(13(17)18)12(21-2)3-8(11)7-16/h3-4,9H,5-6H2,1-2H3,(H,17,18)(H,19,20). The smallest absolute Gasteiger partial charge is 0.339 e. The zero-order valence-electron chi connectivity index (χ0n) is 12.1. The van der Waals surface area contributed by atoms with Crippen molar-refractivity contribution < 1.29 is 29.3 Å². The van der Waals surface area contributed by atoms with Gasteiger partial charge >= 0.3 is 11.9 Å². The second-order valence-corrected chi connectivity index (χ2v) is 5.48. The minimum absolute atomic E-state index is 0.0698. The molecule has 1 aromatic carbocycles. The summed E-state index contributed by atoms with van der Waals surface area (Å²) < 4.78 is 10.6. The number of nitriles is 1. The van der Waals surface area contributed by atoms with E-state index in [4.69, 9.17) is 24.9 Å². The summed E-state index contributed by atoms with van der Waals surface area (Å²) in [5.41, 5.74) is -0.804. The minimum Gasteiger partial charge on any atom is -0.496 e. The van der Waals surface area contributed by atoms with Crippen molar-refractivity contribution in [2.75, 3.05) is 7.11 Å². The summed E-state index contributed by atoms with van der Waals surface area (Å²) in [4.78, 5) is 22.2. The van der Waals surface area contributed by atoms with E-state index in [1.165, 1.54) is 19.2 Å². The number of aromatic carboxylic acids is 1. The van der Waals surface area contributed by atoms with Crippen molar-refractivity contribution in [3.8, 4) is 17.6 Å². The normalized spacial score (nSPS) is 23.0. The molecule has 1 fully saturated rings. The van der Waals surface area contributed by atoms with Crippen LogP contribution in [-0.4, -0.2) is 35.4 Å². The molecule has 0 saturated heterocycles. The first kappa shape index (κ1) is 15.6. The van der Waals surface area contributed by atoms with E-state index in [1.807, 2.05) is 6.07 Å². The molecule has 0 heterocycles. The molecular weight excluding hydrogens is 290 g/mol. The molecule has 0 atom stereocenters. The molecule has 7 heteroatoms. The van der Waals surface area contributed by atoms with Gasteiger partial charge < -0.3 is 19.7 Å². The molecule has 1 aliphatic carbocycles. The third kappa shape index (κ3) is 2.68. The molecule has 2 rings (SSSR count). The van der Waals surface area contributed by atoms with Gasteiger partial charge in [0.05, 0.1) is 18.1 Å². The van der Waals surface area contributed by atoms with Gasteiger partial charge in [-0.05, 0) is 13.0 Å². The first-order valence-electron chi connectivity index (χ1n) is 6.56. The highest BCUT2D eigenvalue weighted by molar-refractivity contribution is 5.92. The van der Waals surface area contributed by atoms with Crippen LogP contribution in [0.15, 0.2) is 12.1 Å². The molecule has 1 saturated carbocycles. The Kier molecular flexibility index (Phi) is 3.95. The van der Waals surface area contributed by atoms with Crippen molar-refractivity contribution in [1.29, 1.82) is 5.26 Å². The van der Waals surface area contributed by atoms with Crippen molar-refractivity contribution in [2.24, 2.45) is 5.41 Å². The molecule has 0 radical (unpaired) electrons. The first-order valence-corrected chi connectivity index (χ1v) is 6.56. The van der Waals surface area contributed by atoms with Crippen LogP contribution in [0.5, 0.6) is 11.5 Å². The van der Waals surface area contributed by atoms with Crippen LogP contribution in [0.2, 0.25) is 0 Å². The number of hydrogen-bond donors (Lipinski definition) is 2. The average Bonchev–Trinajstić information content (AvgIpc) is 2.44. The Hall–Kier alpha value is -2.75. The van der Waals surface area contributed by atoms with Gasteiger partial charge in [-0.15, -0.1) is 0 Å². The van der Waals surface area contributed by atoms with Crippen LogP contribution in [0.4, 0.5) is 0 Å². The molecule has 0 aliphatic heterocycles. The van der Waals surface area contributed by atoms with Crippen LogP contribution < -0.4 is 9.47 Å². The van der Waals surface area contributed by atoms with Gasteiger partial charge in [0.1, 0.15) is 29.2 Å². The van der Waals surface area contributed by atoms with Crippen LogP contribution in [0.1, 0.15) is 35.7 Å². The number of carboxylic acid groups (broad SMARTS) is 2. The van der Waals surface area contributed by atoms with E-state index in [0.717, 1.165) is 0 Å². The van der Waals surface area contributed by atoms with Crippen molar-refractivity contribution in [2.45, 2.75) is 25.9 Å². The van der Waals surface area contributed by atoms with E-state index < -0.39 is 17.4 Å². The van der Waals surface area contributed by atoms with E-state index in [1.54, 1.807) is 6.92 Å². The van der Waals surface area contributed by atoms with Crippen LogP contribution in [0.3, 0.4) is 0 Å². The molecule has 0 unspecified atom stereocenters. The SMILES string of the molecule is COc1cc(C#N)c(OC2CC(C)(C(=O)O)C2)cc1C(=O)O. The summed E-state index contributed by atoms with van der Waals surface area (Å²) in [6, 6.07) is 4.45. The first-order chi connectivity index (χ1) is 10.3. The number of methoxy groups -OCH3 is 1. The van der Waals surface area contributed by atoms with Crippen LogP contribution in [-0.2, 0) is 4.79 Å². The van der Waals surface area contributed by atoms with E-state index in [2.05, 4.69) is 0 Å². The number of ether oxygens (including phenoxy) is 2. The second-order valence-electron chi connectivity index (χ2n) is 5.48. The van der Waals surface area contributed by atoms with Crippen molar-refractivity contribution in [3.05, 3.63) is 23.3 Å². The molecule has 0 aromatic heterocycles. The molecule has 22 heavy (non-hydrogen) atoms. The number of nitrogens with zero attached hydrogens (tertiary/aromatic N) is 1. The van der Waals surface area contributed by atoms with E-state index in [-0.39, 0.29) is 28.7 Å². The molecule has 1 aliphatic rings. The highest BCUT2D eigenvalue weighted by Crippen LogP contribution is 2.43. The highest BCUT2D eigenvalue weighted by atomic mass is 16.5. The van der Waals surface area contributed by atoms with E-state index >= 15 is 0 Å². The number of carbonyl (C=O) groups is 2. The van der Waals surface area contributed by atoms with Crippen LogP contribution in [0.25, 0.3) is 0 Å². The Bertz CT molecular complexity index is 669. The maximum absolute atomic E-state index is 11.2. The molecule has 1 aromatic rings. The predicted molar refractivity (Wildman–Crippen MR) is 74.1 cm³/mol. The van der Waals surface area contributed by atoms with E-state index in [0.29, 0.717) is 12.8 Å². The van der Waals surface area contributed by atoms with Gasteiger partial charge in [-0.1, -0.05) is 0 Å². The molecular formula is C15H15NO6. The molecule has 2 N–H and O–H groups in total. The number of carboxylic acids is 2. The largest absolute Gasteiger partial charge is 0.496 e. The number of hydrogen-bond acceptors (Lipinski definition) is 5. The quantitative estimate of drug-likeness (QED) is 0.853. The summed E-state index contributed by atoms with van der Waals surface area (Å²) in [5.74, 6) is -1.90. The van der Waals surface area contributed by atoms with Gasteiger partial charge in [0.15, 0.2) is 0 Å². The lowest BCUT2D eigenvalue weighted by molar-refractivity contribution is -0.159. The fourth-order valence-electron chi connectivity index (χ4n) is 2.46. The summed E-state index contributed by atoms with van der Waals surface area (Å²) >= 11 is 0. The molecule has 0 bridgehead atoms. The molecule has 7 nitrogen and oxygen atoms in total. The highest BCUT2D eigenvalue weighted by Gasteiger charge is 2.48. The predicted octanol–water partition coefficient (Wildman–Crippen LogP) is 1.90. The van der Waals surface area contributed by atoms with Crippen molar-refractivity contribution >= 4 is 11.9 Å². The van der Waals surface area contributed by atoms with Gasteiger partial charge in [-0.25, -0.2) is 4.79 Å². The maximum atomic E-state index is 11.2. The summed E-state index contributed by atoms with van der Waals surface area (Å²) in [5, 5.41) is 27.3. The lowest BCUT2D eigenvalue weighted by Gasteiger charge is -2.41. The Morgan fingerprint density at radius 3 is 2.41 bits per heavy atom. The van der Waals surface area contributed by atoms with Crippen LogP contribution in [0, 0.1) is 16.7 Å². The zero-order chi connectivity index (χ0) is 16.5. The second kappa shape index (κ2) is 5.56. The average molecular weight is 305 g/mol. The summed E-state index contributed by atoms with van der Waals surface area (Å²) in [6.07, 6.45) is 0.256. The monoisotopic (exact) mass is 305 g/mol. The fourth-order valence-corrected chi connectivity index (χ4v) is 2.46. The molecule has 0 spiro atoms. The van der Waals surface area contributed by atoms with Crippen LogP contribution >= 0.6 is 0 Å². The minimum atomic E-state index is -1.20. The van der Waals surface area contributed by atoms with Crippen molar-refractivity contribution in [1.82, 2.24) is 0 Å². The Morgan fingerprint density at radius 2 is 1.95 bits per heavy atom. The molecule has 116 valence electrons. The number of aliphatic carboxylic acids is 1. The third-order valence-corrected chi connectivity index (χ3v) is 3.82.